The van der Waals surface area contributed by atoms with E-state index in [0.717, 1.165) is 6.42 Å². The van der Waals surface area contributed by atoms with Crippen molar-refractivity contribution < 1.29 is 18.7 Å². The number of ether oxygens (including phenoxy) is 1. The molecule has 0 saturated carbocycles. The molecule has 1 aromatic carbocycles. The summed E-state index contributed by atoms with van der Waals surface area (Å²) < 4.78 is 19.0. The second-order valence-electron chi connectivity index (χ2n) is 5.88. The number of likely N-dealkylation sites (tertiary alicyclic amines) is 2. The van der Waals surface area contributed by atoms with Crippen molar-refractivity contribution in [3.05, 3.63) is 30.1 Å². The molecule has 2 fully saturated rings. The number of halogens is 1. The molecule has 0 spiro atoms. The van der Waals surface area contributed by atoms with Crippen LogP contribution in [0.2, 0.25) is 0 Å². The fraction of sp³-hybridized carbons (Fsp3) is 0.500. The molecule has 0 N–H and O–H groups in total. The summed E-state index contributed by atoms with van der Waals surface area (Å²) in [7, 11) is 0. The molecule has 2 aliphatic rings. The largest absolute Gasteiger partial charge is 0.484 e. The number of nitrogens with zero attached hydrogens (tertiary/aromatic N) is 2. The van der Waals surface area contributed by atoms with Crippen LogP contribution in [0.25, 0.3) is 0 Å². The first-order chi connectivity index (χ1) is 10.5. The van der Waals surface area contributed by atoms with Gasteiger partial charge in [0, 0.05) is 12.5 Å². The summed E-state index contributed by atoms with van der Waals surface area (Å²) >= 11 is 0. The van der Waals surface area contributed by atoms with Crippen LogP contribution >= 0.6 is 0 Å². The molecule has 0 bridgehead atoms. The Morgan fingerprint density at radius 1 is 1.36 bits per heavy atom. The van der Waals surface area contributed by atoms with Crippen molar-refractivity contribution in [2.45, 2.75) is 31.9 Å². The molecule has 6 heteroatoms. The Balaban J connectivity index is 1.48. The van der Waals surface area contributed by atoms with Gasteiger partial charge in [-0.1, -0.05) is 12.1 Å². The molecule has 2 saturated heterocycles. The van der Waals surface area contributed by atoms with E-state index in [1.54, 1.807) is 28.0 Å². The molecule has 0 radical (unpaired) electrons. The van der Waals surface area contributed by atoms with Gasteiger partial charge in [0.15, 0.2) is 11.6 Å². The second kappa shape index (κ2) is 5.94. The van der Waals surface area contributed by atoms with E-state index in [1.165, 1.54) is 6.07 Å². The molecule has 2 amide bonds. The number of hydrogen-bond donors (Lipinski definition) is 0. The van der Waals surface area contributed by atoms with Crippen LogP contribution < -0.4 is 4.74 Å². The van der Waals surface area contributed by atoms with Crippen molar-refractivity contribution >= 4 is 11.8 Å². The molecule has 118 valence electrons. The van der Waals surface area contributed by atoms with Gasteiger partial charge in [0.25, 0.3) is 0 Å². The van der Waals surface area contributed by atoms with Gasteiger partial charge >= 0.3 is 0 Å². The lowest BCUT2D eigenvalue weighted by atomic mass is 10.1. The van der Waals surface area contributed by atoms with E-state index in [4.69, 9.17) is 4.74 Å². The maximum absolute atomic E-state index is 13.5. The van der Waals surface area contributed by atoms with E-state index in [9.17, 15) is 14.0 Å². The first-order valence-electron chi connectivity index (χ1n) is 7.53. The van der Waals surface area contributed by atoms with Crippen molar-refractivity contribution in [3.8, 4) is 5.75 Å². The van der Waals surface area contributed by atoms with Crippen molar-refractivity contribution in [1.29, 1.82) is 0 Å². The smallest absolute Gasteiger partial charge is 0.242 e. The number of carbonyl (C=O) groups excluding carboxylic acids is 2. The molecule has 22 heavy (non-hydrogen) atoms. The Kier molecular flexibility index (Phi) is 4.00. The zero-order valence-corrected chi connectivity index (χ0v) is 12.5. The number of amides is 2. The van der Waals surface area contributed by atoms with Gasteiger partial charge in [-0.25, -0.2) is 4.39 Å². The van der Waals surface area contributed by atoms with Crippen LogP contribution in [0.1, 0.15) is 19.8 Å². The molecular formula is C16H19FN2O3. The molecule has 3 rings (SSSR count). The average Bonchev–Trinajstić information content (AvgIpc) is 2.76. The van der Waals surface area contributed by atoms with Gasteiger partial charge in [-0.3, -0.25) is 9.59 Å². The quantitative estimate of drug-likeness (QED) is 0.845. The minimum Gasteiger partial charge on any atom is -0.484 e. The van der Waals surface area contributed by atoms with Crippen molar-refractivity contribution in [2.75, 3.05) is 19.6 Å². The minimum atomic E-state index is -0.399. The molecule has 1 atom stereocenters. The molecule has 0 aliphatic carbocycles. The van der Waals surface area contributed by atoms with Gasteiger partial charge in [-0.2, -0.15) is 0 Å². The zero-order chi connectivity index (χ0) is 15.7. The van der Waals surface area contributed by atoms with Crippen LogP contribution in [0.4, 0.5) is 4.39 Å². The molecule has 1 aromatic rings. The predicted molar refractivity (Wildman–Crippen MR) is 77.8 cm³/mol. The summed E-state index contributed by atoms with van der Waals surface area (Å²) in [5.41, 5.74) is 0. The summed E-state index contributed by atoms with van der Waals surface area (Å²) in [6.07, 6.45) is 1.14. The summed E-state index contributed by atoms with van der Waals surface area (Å²) in [6.45, 7) is 2.96. The Labute approximate surface area is 128 Å². The third-order valence-electron chi connectivity index (χ3n) is 4.27. The number of hydrogen-bond acceptors (Lipinski definition) is 3. The average molecular weight is 306 g/mol. The predicted octanol–water partition coefficient (Wildman–Crippen LogP) is 1.43. The number of rotatable bonds is 4. The highest BCUT2D eigenvalue weighted by Gasteiger charge is 2.36. The third-order valence-corrected chi connectivity index (χ3v) is 4.27. The van der Waals surface area contributed by atoms with E-state index in [-0.39, 0.29) is 36.3 Å². The van der Waals surface area contributed by atoms with E-state index in [1.807, 2.05) is 6.92 Å². The summed E-state index contributed by atoms with van der Waals surface area (Å²) in [4.78, 5) is 27.1. The normalized spacial score (nSPS) is 21.9. The van der Waals surface area contributed by atoms with Crippen LogP contribution in [0, 0.1) is 5.82 Å². The van der Waals surface area contributed by atoms with E-state index >= 15 is 0 Å². The summed E-state index contributed by atoms with van der Waals surface area (Å²) in [5.74, 6) is -0.220. The van der Waals surface area contributed by atoms with Crippen LogP contribution in [-0.2, 0) is 9.59 Å². The summed E-state index contributed by atoms with van der Waals surface area (Å²) in [5, 5.41) is 0. The Bertz CT molecular complexity index is 587. The van der Waals surface area contributed by atoms with Crippen molar-refractivity contribution in [2.24, 2.45) is 0 Å². The minimum absolute atomic E-state index is 0.0422. The lowest BCUT2D eigenvalue weighted by Crippen LogP contribution is -2.58. The van der Waals surface area contributed by atoms with E-state index in [2.05, 4.69) is 0 Å². The number of carbonyl (C=O) groups is 2. The van der Waals surface area contributed by atoms with Gasteiger partial charge in [-0.15, -0.1) is 0 Å². The Morgan fingerprint density at radius 2 is 2.09 bits per heavy atom. The first kappa shape index (κ1) is 14.8. The lowest BCUT2D eigenvalue weighted by Gasteiger charge is -2.40. The molecule has 1 unspecified atom stereocenters. The van der Waals surface area contributed by atoms with E-state index < -0.39 is 5.82 Å². The van der Waals surface area contributed by atoms with Crippen molar-refractivity contribution in [3.63, 3.8) is 0 Å². The van der Waals surface area contributed by atoms with Crippen LogP contribution in [0.5, 0.6) is 5.75 Å². The maximum Gasteiger partial charge on any atom is 0.242 e. The molecule has 5 nitrogen and oxygen atoms in total. The first-order valence-corrected chi connectivity index (χ1v) is 7.53. The number of benzene rings is 1. The molecular weight excluding hydrogens is 287 g/mol. The fourth-order valence-corrected chi connectivity index (χ4v) is 2.80. The standard InChI is InChI=1S/C16H19FN2O3/c1-11-6-7-15(20)19(11)10-16(21)18-8-12(9-18)22-14-5-3-2-4-13(14)17/h2-5,11-12H,6-10H2,1H3. The number of para-hydroxylation sites is 1. The maximum atomic E-state index is 13.5. The topological polar surface area (TPSA) is 49.9 Å². The van der Waals surface area contributed by atoms with Crippen LogP contribution in [0.15, 0.2) is 24.3 Å². The van der Waals surface area contributed by atoms with Gasteiger partial charge < -0.3 is 14.5 Å². The van der Waals surface area contributed by atoms with Gasteiger partial charge in [0.1, 0.15) is 6.10 Å². The highest BCUT2D eigenvalue weighted by molar-refractivity contribution is 5.86. The highest BCUT2D eigenvalue weighted by Crippen LogP contribution is 2.22. The fourth-order valence-electron chi connectivity index (χ4n) is 2.80. The van der Waals surface area contributed by atoms with Gasteiger partial charge in [0.05, 0.1) is 19.6 Å². The Hall–Kier alpha value is -2.11. The van der Waals surface area contributed by atoms with Crippen molar-refractivity contribution in [1.82, 2.24) is 9.80 Å². The monoisotopic (exact) mass is 306 g/mol. The third kappa shape index (κ3) is 2.91. The molecule has 0 aromatic heterocycles. The highest BCUT2D eigenvalue weighted by atomic mass is 19.1. The van der Waals surface area contributed by atoms with Crippen LogP contribution in [0.3, 0.4) is 0 Å². The van der Waals surface area contributed by atoms with E-state index in [0.29, 0.717) is 19.5 Å². The lowest BCUT2D eigenvalue weighted by molar-refractivity contribution is -0.145. The molecule has 2 heterocycles. The second-order valence-corrected chi connectivity index (χ2v) is 5.88. The van der Waals surface area contributed by atoms with Crippen LogP contribution in [-0.4, -0.2) is 53.4 Å². The molecule has 2 aliphatic heterocycles. The zero-order valence-electron chi connectivity index (χ0n) is 12.5. The van der Waals surface area contributed by atoms with Gasteiger partial charge in [0.2, 0.25) is 11.8 Å². The Morgan fingerprint density at radius 3 is 2.73 bits per heavy atom. The summed E-state index contributed by atoms with van der Waals surface area (Å²) in [6, 6.07) is 6.36. The van der Waals surface area contributed by atoms with Gasteiger partial charge in [-0.05, 0) is 25.5 Å². The SMILES string of the molecule is CC1CCC(=O)N1CC(=O)N1CC(Oc2ccccc2F)C1.